The van der Waals surface area contributed by atoms with Crippen LogP contribution in [0.5, 0.6) is 0 Å². The first-order valence-electron chi connectivity index (χ1n) is 13.9. The number of hydrogen-bond donors (Lipinski definition) is 1. The number of rotatable bonds is 8. The van der Waals surface area contributed by atoms with Crippen LogP contribution in [0.1, 0.15) is 91.4 Å². The van der Waals surface area contributed by atoms with E-state index in [1.165, 1.54) is 38.5 Å². The Labute approximate surface area is 218 Å². The van der Waals surface area contributed by atoms with Crippen molar-refractivity contribution in [3.8, 4) is 0 Å². The third kappa shape index (κ3) is 4.96. The highest BCUT2D eigenvalue weighted by Gasteiger charge is 2.63. The molecule has 1 unspecified atom stereocenters. The molecule has 4 rings (SSSR count). The van der Waals surface area contributed by atoms with Crippen molar-refractivity contribution < 1.29 is 40.8 Å². The van der Waals surface area contributed by atoms with Crippen molar-refractivity contribution in [3.63, 3.8) is 0 Å². The van der Waals surface area contributed by atoms with Gasteiger partial charge in [-0.2, -0.15) is 8.78 Å². The van der Waals surface area contributed by atoms with Crippen LogP contribution < -0.4 is 0 Å². The molecule has 4 fully saturated rings. The lowest BCUT2D eigenvalue weighted by Gasteiger charge is -2.62. The molecule has 0 aromatic carbocycles. The van der Waals surface area contributed by atoms with E-state index < -0.39 is 40.2 Å². The maximum Gasteiger partial charge on any atom is 0.368 e. The van der Waals surface area contributed by atoms with Crippen molar-refractivity contribution >= 4 is 16.1 Å². The van der Waals surface area contributed by atoms with Gasteiger partial charge in [-0.15, -0.1) is 0 Å². The smallest absolute Gasteiger partial charge is 0.368 e. The molecule has 10 heteroatoms. The highest BCUT2D eigenvalue weighted by Crippen LogP contribution is 2.68. The molecule has 0 radical (unpaired) electrons. The molecule has 0 bridgehead atoms. The van der Waals surface area contributed by atoms with E-state index in [0.717, 1.165) is 25.2 Å². The molecule has 0 spiro atoms. The van der Waals surface area contributed by atoms with Gasteiger partial charge in [0.05, 0.1) is 6.10 Å². The fourth-order valence-corrected chi connectivity index (χ4v) is 9.64. The first-order chi connectivity index (χ1) is 17.1. The monoisotopic (exact) mass is 551 g/mol. The van der Waals surface area contributed by atoms with Crippen molar-refractivity contribution in [1.82, 2.24) is 0 Å². The molecule has 10 atom stereocenters. The highest BCUT2D eigenvalue weighted by molar-refractivity contribution is 7.86. The van der Waals surface area contributed by atoms with Crippen molar-refractivity contribution in [3.05, 3.63) is 0 Å². The van der Waals surface area contributed by atoms with Crippen LogP contribution in [-0.4, -0.2) is 48.2 Å². The Hall–Kier alpha value is -0.870. The fourth-order valence-electron chi connectivity index (χ4n) is 9.26. The van der Waals surface area contributed by atoms with Crippen LogP contribution in [0, 0.1) is 46.3 Å². The van der Waals surface area contributed by atoms with Crippen LogP contribution in [0.25, 0.3) is 0 Å². The zero-order valence-corrected chi connectivity index (χ0v) is 23.0. The second-order valence-corrected chi connectivity index (χ2v) is 14.3. The summed E-state index contributed by atoms with van der Waals surface area (Å²) in [5.41, 5.74) is 0.0599. The molecule has 4 saturated carbocycles. The SMILES string of the molecule is C[C@H](CCC(=O)OCC(F)C(F)(F)S(=O)(=O)[O-])[C@H]1CC[C@H]2[C@@H]3CC[C@@H]4CCCC[C@]4(C)[C@H]3C[C@H](O)[C@]12C. The zero-order chi connectivity index (χ0) is 27.4. The van der Waals surface area contributed by atoms with Crippen molar-refractivity contribution in [2.75, 3.05) is 6.61 Å². The van der Waals surface area contributed by atoms with Crippen LogP contribution >= 0.6 is 0 Å². The Bertz CT molecular complexity index is 960. The molecule has 0 aromatic rings. The lowest BCUT2D eigenvalue weighted by Crippen LogP contribution is -2.58. The van der Waals surface area contributed by atoms with Gasteiger partial charge in [-0.1, -0.05) is 33.6 Å². The second kappa shape index (κ2) is 10.3. The largest absolute Gasteiger partial charge is 0.743 e. The van der Waals surface area contributed by atoms with Gasteiger partial charge in [0.1, 0.15) is 6.61 Å². The number of ether oxygens (including phenoxy) is 1. The summed E-state index contributed by atoms with van der Waals surface area (Å²) in [5.74, 6) is 1.69. The molecule has 37 heavy (non-hydrogen) atoms. The van der Waals surface area contributed by atoms with E-state index in [9.17, 15) is 36.0 Å². The Morgan fingerprint density at radius 2 is 1.84 bits per heavy atom. The lowest BCUT2D eigenvalue weighted by atomic mass is 9.44. The van der Waals surface area contributed by atoms with Gasteiger partial charge in [0.25, 0.3) is 0 Å². The summed E-state index contributed by atoms with van der Waals surface area (Å²) in [6, 6.07) is 0. The number of esters is 1. The summed E-state index contributed by atoms with van der Waals surface area (Å²) in [6.45, 7) is 5.21. The summed E-state index contributed by atoms with van der Waals surface area (Å²) in [5, 5.41) is 6.43. The molecule has 1 N–H and O–H groups in total. The molecule has 0 aliphatic heterocycles. The van der Waals surface area contributed by atoms with Crippen LogP contribution in [-0.2, 0) is 19.6 Å². The summed E-state index contributed by atoms with van der Waals surface area (Å²) in [4.78, 5) is 12.1. The van der Waals surface area contributed by atoms with Crippen molar-refractivity contribution in [2.45, 2.75) is 109 Å². The van der Waals surface area contributed by atoms with E-state index in [-0.39, 0.29) is 23.7 Å². The molecule has 6 nitrogen and oxygen atoms in total. The molecule has 214 valence electrons. The highest BCUT2D eigenvalue weighted by atomic mass is 32.2. The Kier molecular flexibility index (Phi) is 8.08. The summed E-state index contributed by atoms with van der Waals surface area (Å²) >= 11 is 0. The van der Waals surface area contributed by atoms with Crippen LogP contribution in [0.15, 0.2) is 0 Å². The molecular formula is C27H42F3O6S-. The number of fused-ring (bicyclic) bond motifs is 5. The molecular weight excluding hydrogens is 509 g/mol. The minimum atomic E-state index is -6.20. The molecule has 0 heterocycles. The van der Waals surface area contributed by atoms with Crippen molar-refractivity contribution in [2.24, 2.45) is 46.3 Å². The van der Waals surface area contributed by atoms with Crippen LogP contribution in [0.3, 0.4) is 0 Å². The van der Waals surface area contributed by atoms with Crippen LogP contribution in [0.2, 0.25) is 0 Å². The first kappa shape index (κ1) is 29.1. The quantitative estimate of drug-likeness (QED) is 0.318. The van der Waals surface area contributed by atoms with Crippen LogP contribution in [0.4, 0.5) is 13.2 Å². The summed E-state index contributed by atoms with van der Waals surface area (Å²) in [6.07, 6.45) is 6.90. The van der Waals surface area contributed by atoms with E-state index in [0.29, 0.717) is 29.6 Å². The van der Waals surface area contributed by atoms with E-state index in [1.54, 1.807) is 0 Å². The molecule has 0 amide bonds. The first-order valence-corrected chi connectivity index (χ1v) is 15.4. The lowest BCUT2D eigenvalue weighted by molar-refractivity contribution is -0.168. The number of carbonyl (C=O) groups is 1. The average molecular weight is 552 g/mol. The number of alkyl halides is 3. The third-order valence-electron chi connectivity index (χ3n) is 11.3. The van der Waals surface area contributed by atoms with E-state index in [2.05, 4.69) is 18.6 Å². The van der Waals surface area contributed by atoms with Gasteiger partial charge in [0.15, 0.2) is 10.1 Å². The Morgan fingerprint density at radius 3 is 2.51 bits per heavy atom. The summed E-state index contributed by atoms with van der Waals surface area (Å²) < 4.78 is 76.3. The normalized spacial score (nSPS) is 41.7. The Balaban J connectivity index is 1.36. The van der Waals surface area contributed by atoms with Gasteiger partial charge in [-0.05, 0) is 97.7 Å². The number of carbonyl (C=O) groups excluding carboxylic acids is 1. The third-order valence-corrected chi connectivity index (χ3v) is 12.3. The van der Waals surface area contributed by atoms with E-state index >= 15 is 0 Å². The van der Waals surface area contributed by atoms with E-state index in [4.69, 9.17) is 0 Å². The van der Waals surface area contributed by atoms with Gasteiger partial charge in [-0.25, -0.2) is 12.8 Å². The molecule has 4 aliphatic carbocycles. The zero-order valence-electron chi connectivity index (χ0n) is 22.1. The average Bonchev–Trinajstić information content (AvgIpc) is 3.19. The fraction of sp³-hybridized carbons (Fsp3) is 0.963. The van der Waals surface area contributed by atoms with E-state index in [1.807, 2.05) is 6.92 Å². The topological polar surface area (TPSA) is 104 Å². The maximum atomic E-state index is 13.6. The number of aliphatic hydroxyl groups is 1. The minimum absolute atomic E-state index is 0.0555. The Morgan fingerprint density at radius 1 is 1.14 bits per heavy atom. The standard InChI is InChI=1S/C27H43F3O6S/c1-16(7-12-24(32)36-15-22(28)27(29,30)37(33,34)35)19-10-11-20-18-9-8-17-6-4-5-13-25(17,2)21(18)14-23(31)26(19,20)3/h16-23,31H,4-15H2,1-3H3,(H,33,34,35)/p-1/t16-,17+,18+,19-,20+,21+,22?,23+,25+,26-/m1/s1. The summed E-state index contributed by atoms with van der Waals surface area (Å²) in [7, 11) is -6.20. The van der Waals surface area contributed by atoms with Gasteiger partial charge in [0.2, 0.25) is 6.17 Å². The van der Waals surface area contributed by atoms with Gasteiger partial charge in [0, 0.05) is 6.42 Å². The van der Waals surface area contributed by atoms with Crippen molar-refractivity contribution in [1.29, 1.82) is 0 Å². The molecule has 4 aliphatic rings. The van der Waals surface area contributed by atoms with Gasteiger partial charge in [-0.3, -0.25) is 4.79 Å². The van der Waals surface area contributed by atoms with Gasteiger partial charge < -0.3 is 14.4 Å². The number of halogens is 3. The maximum absolute atomic E-state index is 13.6. The van der Waals surface area contributed by atoms with Gasteiger partial charge >= 0.3 is 11.2 Å². The number of aliphatic hydroxyl groups excluding tert-OH is 1. The second-order valence-electron chi connectivity index (χ2n) is 12.9. The predicted octanol–water partition coefficient (Wildman–Crippen LogP) is 5.44. The minimum Gasteiger partial charge on any atom is -0.743 e. The number of hydrogen-bond acceptors (Lipinski definition) is 6. The molecule has 0 saturated heterocycles. The molecule has 0 aromatic heterocycles. The predicted molar refractivity (Wildman–Crippen MR) is 130 cm³/mol.